The molecule has 3 amide bonds. The summed E-state index contributed by atoms with van der Waals surface area (Å²) in [4.78, 5) is 40.5. The second kappa shape index (κ2) is 5.74. The maximum Gasteiger partial charge on any atom is 0.254 e. The van der Waals surface area contributed by atoms with Gasteiger partial charge >= 0.3 is 0 Å². The first-order chi connectivity index (χ1) is 11.6. The molecule has 0 saturated carbocycles. The molecule has 24 heavy (non-hydrogen) atoms. The minimum absolute atomic E-state index is 0.0748. The Kier molecular flexibility index (Phi) is 3.68. The van der Waals surface area contributed by atoms with E-state index in [1.165, 1.54) is 4.90 Å². The van der Waals surface area contributed by atoms with Crippen molar-refractivity contribution in [3.63, 3.8) is 0 Å². The van der Waals surface area contributed by atoms with Gasteiger partial charge in [0.15, 0.2) is 0 Å². The molecule has 2 fully saturated rings. The van der Waals surface area contributed by atoms with E-state index in [1.807, 2.05) is 12.2 Å². The molecule has 0 spiro atoms. The van der Waals surface area contributed by atoms with E-state index in [0.717, 1.165) is 0 Å². The third-order valence-electron chi connectivity index (χ3n) is 5.13. The van der Waals surface area contributed by atoms with Crippen molar-refractivity contribution < 1.29 is 14.4 Å². The molecule has 3 aliphatic rings. The number of hydrogen-bond donors (Lipinski definition) is 0. The molecule has 2 aliphatic heterocycles. The van der Waals surface area contributed by atoms with Crippen LogP contribution in [0.25, 0.3) is 0 Å². The maximum atomic E-state index is 12.5. The smallest absolute Gasteiger partial charge is 0.254 e. The predicted octanol–water partition coefficient (Wildman–Crippen LogP) is 2.12. The minimum Gasteiger partial charge on any atom is -0.334 e. The quantitative estimate of drug-likeness (QED) is 0.610. The predicted molar refractivity (Wildman–Crippen MR) is 88.4 cm³/mol. The molecule has 1 aromatic rings. The van der Waals surface area contributed by atoms with Crippen LogP contribution in [-0.2, 0) is 9.59 Å². The van der Waals surface area contributed by atoms with Crippen LogP contribution in [0, 0.1) is 11.8 Å². The molecule has 1 aromatic carbocycles. The average Bonchev–Trinajstić information content (AvgIpc) is 2.79. The van der Waals surface area contributed by atoms with Gasteiger partial charge < -0.3 is 4.90 Å². The van der Waals surface area contributed by atoms with Crippen LogP contribution in [0.5, 0.6) is 0 Å². The summed E-state index contributed by atoms with van der Waals surface area (Å²) in [7, 11) is 0. The molecule has 2 atom stereocenters. The highest BCUT2D eigenvalue weighted by molar-refractivity contribution is 6.31. The number of likely N-dealkylation sites (tertiary alicyclic amines) is 2. The number of amides is 3. The second-order valence-electron chi connectivity index (χ2n) is 6.58. The lowest BCUT2D eigenvalue weighted by atomic mass is 9.85. The standard InChI is InChI=1S/C18H17ClN2O3/c19-12-5-3-4-11(8-12)16(22)20-9-13(10-20)21-17(23)14-6-1-2-7-15(14)18(21)24/h1-5,8,13-15H,6-7,9-10H2/t14-,15-/m0/s1. The number of nitrogens with zero attached hydrogens (tertiary/aromatic N) is 2. The number of allylic oxidation sites excluding steroid dienone is 2. The third-order valence-corrected chi connectivity index (χ3v) is 5.36. The van der Waals surface area contributed by atoms with Crippen molar-refractivity contribution in [2.24, 2.45) is 11.8 Å². The van der Waals surface area contributed by atoms with Gasteiger partial charge in [0, 0.05) is 23.7 Å². The van der Waals surface area contributed by atoms with Crippen molar-refractivity contribution in [3.8, 4) is 0 Å². The van der Waals surface area contributed by atoms with E-state index >= 15 is 0 Å². The Morgan fingerprint density at radius 2 is 1.67 bits per heavy atom. The minimum atomic E-state index is -0.208. The van der Waals surface area contributed by atoms with Gasteiger partial charge in [-0.05, 0) is 31.0 Å². The topological polar surface area (TPSA) is 57.7 Å². The lowest BCUT2D eigenvalue weighted by Crippen LogP contribution is -2.62. The summed E-state index contributed by atoms with van der Waals surface area (Å²) in [5.41, 5.74) is 0.526. The van der Waals surface area contributed by atoms with Gasteiger partial charge in [-0.1, -0.05) is 29.8 Å². The van der Waals surface area contributed by atoms with Crippen LogP contribution in [0.1, 0.15) is 23.2 Å². The Labute approximate surface area is 144 Å². The van der Waals surface area contributed by atoms with E-state index in [1.54, 1.807) is 29.2 Å². The third kappa shape index (κ3) is 2.35. The van der Waals surface area contributed by atoms with Crippen molar-refractivity contribution in [1.29, 1.82) is 0 Å². The molecule has 0 N–H and O–H groups in total. The molecule has 5 nitrogen and oxygen atoms in total. The molecule has 0 bridgehead atoms. The summed E-state index contributed by atoms with van der Waals surface area (Å²) < 4.78 is 0. The summed E-state index contributed by atoms with van der Waals surface area (Å²) in [6.07, 6.45) is 5.24. The number of halogens is 1. The number of hydrogen-bond acceptors (Lipinski definition) is 3. The number of rotatable bonds is 2. The number of benzene rings is 1. The van der Waals surface area contributed by atoms with Gasteiger partial charge in [0.1, 0.15) is 0 Å². The maximum absolute atomic E-state index is 12.5. The van der Waals surface area contributed by atoms with Crippen LogP contribution < -0.4 is 0 Å². The summed E-state index contributed by atoms with van der Waals surface area (Å²) in [6.45, 7) is 0.797. The monoisotopic (exact) mass is 344 g/mol. The fraction of sp³-hybridized carbons (Fsp3) is 0.389. The van der Waals surface area contributed by atoms with E-state index in [9.17, 15) is 14.4 Å². The van der Waals surface area contributed by atoms with Crippen molar-refractivity contribution >= 4 is 29.3 Å². The van der Waals surface area contributed by atoms with Gasteiger partial charge in [-0.2, -0.15) is 0 Å². The Balaban J connectivity index is 1.43. The van der Waals surface area contributed by atoms with Crippen molar-refractivity contribution in [3.05, 3.63) is 47.0 Å². The summed E-state index contributed by atoms with van der Waals surface area (Å²) >= 11 is 5.92. The van der Waals surface area contributed by atoms with Crippen LogP contribution in [0.2, 0.25) is 5.02 Å². The molecule has 2 saturated heterocycles. The first kappa shape index (κ1) is 15.4. The molecule has 0 aromatic heterocycles. The Morgan fingerprint density at radius 1 is 1.04 bits per heavy atom. The zero-order valence-electron chi connectivity index (χ0n) is 13.0. The normalized spacial score (nSPS) is 26.5. The first-order valence-corrected chi connectivity index (χ1v) is 8.51. The van der Waals surface area contributed by atoms with Gasteiger partial charge in [0.2, 0.25) is 11.8 Å². The molecule has 124 valence electrons. The summed E-state index contributed by atoms with van der Waals surface area (Å²) in [6, 6.07) is 6.60. The zero-order chi connectivity index (χ0) is 16.8. The van der Waals surface area contributed by atoms with Gasteiger partial charge in [-0.25, -0.2) is 0 Å². The van der Waals surface area contributed by atoms with E-state index in [4.69, 9.17) is 11.6 Å². The van der Waals surface area contributed by atoms with Crippen LogP contribution in [-0.4, -0.2) is 46.7 Å². The van der Waals surface area contributed by atoms with Crippen molar-refractivity contribution in [2.45, 2.75) is 18.9 Å². The van der Waals surface area contributed by atoms with Crippen molar-refractivity contribution in [2.75, 3.05) is 13.1 Å². The number of carbonyl (C=O) groups excluding carboxylic acids is 3. The Morgan fingerprint density at radius 3 is 2.25 bits per heavy atom. The van der Waals surface area contributed by atoms with Crippen molar-refractivity contribution in [1.82, 2.24) is 9.80 Å². The highest BCUT2D eigenvalue weighted by atomic mass is 35.5. The Hall–Kier alpha value is -2.14. The number of carbonyl (C=O) groups is 3. The highest BCUT2D eigenvalue weighted by Crippen LogP contribution is 2.37. The van der Waals surface area contributed by atoms with Crippen LogP contribution in [0.3, 0.4) is 0 Å². The van der Waals surface area contributed by atoms with E-state index in [2.05, 4.69) is 0 Å². The molecule has 0 unspecified atom stereocenters. The number of imide groups is 1. The molecule has 0 radical (unpaired) electrons. The summed E-state index contributed by atoms with van der Waals surface area (Å²) in [5, 5.41) is 0.513. The SMILES string of the molecule is O=C(c1cccc(Cl)c1)N1CC(N2C(=O)[C@H]3CC=CC[C@@H]3C2=O)C1. The number of fused-ring (bicyclic) bond motifs is 1. The molecule has 4 rings (SSSR count). The average molecular weight is 345 g/mol. The fourth-order valence-corrected chi connectivity index (χ4v) is 3.96. The van der Waals surface area contributed by atoms with Crippen LogP contribution in [0.4, 0.5) is 0 Å². The fourth-order valence-electron chi connectivity index (χ4n) is 3.77. The molecular weight excluding hydrogens is 328 g/mol. The van der Waals surface area contributed by atoms with Gasteiger partial charge in [0.05, 0.1) is 17.9 Å². The molecule has 1 aliphatic carbocycles. The molecule has 6 heteroatoms. The highest BCUT2D eigenvalue weighted by Gasteiger charge is 2.52. The Bertz CT molecular complexity index is 728. The molecule has 2 heterocycles. The first-order valence-electron chi connectivity index (χ1n) is 8.13. The van der Waals surface area contributed by atoms with Crippen LogP contribution >= 0.6 is 11.6 Å². The van der Waals surface area contributed by atoms with Gasteiger partial charge in [-0.3, -0.25) is 19.3 Å². The second-order valence-corrected chi connectivity index (χ2v) is 7.01. The van der Waals surface area contributed by atoms with E-state index in [0.29, 0.717) is 36.5 Å². The van der Waals surface area contributed by atoms with Crippen LogP contribution in [0.15, 0.2) is 36.4 Å². The van der Waals surface area contributed by atoms with E-state index < -0.39 is 0 Å². The van der Waals surface area contributed by atoms with Gasteiger partial charge in [0.25, 0.3) is 5.91 Å². The lowest BCUT2D eigenvalue weighted by molar-refractivity contribution is -0.145. The van der Waals surface area contributed by atoms with Gasteiger partial charge in [-0.15, -0.1) is 0 Å². The largest absolute Gasteiger partial charge is 0.334 e. The lowest BCUT2D eigenvalue weighted by Gasteiger charge is -2.43. The zero-order valence-corrected chi connectivity index (χ0v) is 13.8. The summed E-state index contributed by atoms with van der Waals surface area (Å²) in [5.74, 6) is -0.685. The molecular formula is C18H17ClN2O3. The van der Waals surface area contributed by atoms with E-state index in [-0.39, 0.29) is 35.6 Å².